The SMILES string of the molecule is CC(C)(C)OC(=O)N[C@H]1CCN(c2c(C=O)cncc2-c2cc(F)cc(C#N)c2)C1. The van der Waals surface area contributed by atoms with E-state index in [-0.39, 0.29) is 11.6 Å². The number of hydrogen-bond acceptors (Lipinski definition) is 6. The van der Waals surface area contributed by atoms with Crippen LogP contribution in [0.3, 0.4) is 0 Å². The van der Waals surface area contributed by atoms with E-state index in [1.807, 2.05) is 11.0 Å². The number of nitriles is 1. The molecule has 3 rings (SSSR count). The van der Waals surface area contributed by atoms with Crippen LogP contribution < -0.4 is 10.2 Å². The number of ether oxygens (including phenoxy) is 1. The fraction of sp³-hybridized carbons (Fsp3) is 0.364. The first-order valence-corrected chi connectivity index (χ1v) is 9.59. The van der Waals surface area contributed by atoms with Crippen molar-refractivity contribution in [3.63, 3.8) is 0 Å². The average molecular weight is 410 g/mol. The predicted molar refractivity (Wildman–Crippen MR) is 110 cm³/mol. The normalized spacial score (nSPS) is 16.1. The lowest BCUT2D eigenvalue weighted by Crippen LogP contribution is -2.40. The maximum atomic E-state index is 14.0. The number of carbonyl (C=O) groups is 2. The van der Waals surface area contributed by atoms with Gasteiger partial charge >= 0.3 is 6.09 Å². The molecule has 1 aromatic carbocycles. The van der Waals surface area contributed by atoms with Crippen molar-refractivity contribution < 1.29 is 18.7 Å². The van der Waals surface area contributed by atoms with Crippen molar-refractivity contribution in [2.75, 3.05) is 18.0 Å². The van der Waals surface area contributed by atoms with Crippen LogP contribution in [0.15, 0.2) is 30.6 Å². The van der Waals surface area contributed by atoms with Crippen LogP contribution in [-0.4, -0.2) is 42.1 Å². The van der Waals surface area contributed by atoms with Crippen LogP contribution in [-0.2, 0) is 4.74 Å². The monoisotopic (exact) mass is 410 g/mol. The van der Waals surface area contributed by atoms with Crippen LogP contribution in [0.4, 0.5) is 14.9 Å². The third kappa shape index (κ3) is 4.92. The summed E-state index contributed by atoms with van der Waals surface area (Å²) in [4.78, 5) is 29.8. The van der Waals surface area contributed by atoms with Gasteiger partial charge in [0.25, 0.3) is 0 Å². The Morgan fingerprint density at radius 1 is 1.37 bits per heavy atom. The fourth-order valence-electron chi connectivity index (χ4n) is 3.49. The average Bonchev–Trinajstić information content (AvgIpc) is 3.13. The molecule has 1 fully saturated rings. The van der Waals surface area contributed by atoms with Crippen LogP contribution in [0.25, 0.3) is 11.1 Å². The number of alkyl carbamates (subject to hydrolysis) is 1. The van der Waals surface area contributed by atoms with Gasteiger partial charge in [0.05, 0.1) is 28.9 Å². The molecule has 1 N–H and O–H groups in total. The third-order valence-electron chi connectivity index (χ3n) is 4.64. The molecule has 1 aromatic heterocycles. The highest BCUT2D eigenvalue weighted by Gasteiger charge is 2.29. The molecule has 156 valence electrons. The molecule has 0 saturated carbocycles. The molecule has 1 aliphatic heterocycles. The van der Waals surface area contributed by atoms with E-state index in [0.717, 1.165) is 6.07 Å². The second-order valence-corrected chi connectivity index (χ2v) is 8.16. The molecule has 1 amide bonds. The molecule has 7 nitrogen and oxygen atoms in total. The number of halogens is 1. The topological polar surface area (TPSA) is 95.3 Å². The van der Waals surface area contributed by atoms with Crippen molar-refractivity contribution in [2.24, 2.45) is 0 Å². The van der Waals surface area contributed by atoms with Gasteiger partial charge in [-0.25, -0.2) is 9.18 Å². The van der Waals surface area contributed by atoms with Crippen molar-refractivity contribution >= 4 is 18.1 Å². The lowest BCUT2D eigenvalue weighted by Gasteiger charge is -2.24. The van der Waals surface area contributed by atoms with Crippen molar-refractivity contribution in [3.8, 4) is 17.2 Å². The minimum atomic E-state index is -0.596. The molecule has 0 spiro atoms. The fourth-order valence-corrected chi connectivity index (χ4v) is 3.49. The molecule has 30 heavy (non-hydrogen) atoms. The van der Waals surface area contributed by atoms with Crippen LogP contribution >= 0.6 is 0 Å². The minimum absolute atomic E-state index is 0.164. The molecule has 8 heteroatoms. The second-order valence-electron chi connectivity index (χ2n) is 8.16. The molecule has 2 aromatic rings. The zero-order valence-corrected chi connectivity index (χ0v) is 17.1. The number of nitrogens with zero attached hydrogens (tertiary/aromatic N) is 3. The first-order chi connectivity index (χ1) is 14.2. The Morgan fingerprint density at radius 3 is 2.80 bits per heavy atom. The summed E-state index contributed by atoms with van der Waals surface area (Å²) in [5.74, 6) is -0.544. The van der Waals surface area contributed by atoms with E-state index in [0.29, 0.717) is 48.2 Å². The standard InChI is InChI=1S/C22H23FN4O3/c1-22(2,3)30-21(29)26-18-4-5-27(12-18)20-16(13-28)10-25-11-19(20)15-6-14(9-24)7-17(23)8-15/h6-8,10-11,13,18H,4-5,12H2,1-3H3,(H,26,29)/t18-/m0/s1. The molecule has 0 unspecified atom stereocenters. The van der Waals surface area contributed by atoms with E-state index in [1.165, 1.54) is 12.3 Å². The molecule has 2 heterocycles. The number of aldehydes is 1. The molecule has 0 bridgehead atoms. The first-order valence-electron chi connectivity index (χ1n) is 9.59. The van der Waals surface area contributed by atoms with Crippen LogP contribution in [0.2, 0.25) is 0 Å². The molecule has 1 saturated heterocycles. The predicted octanol–water partition coefficient (Wildman–Crippen LogP) is 3.68. The largest absolute Gasteiger partial charge is 0.444 e. The van der Waals surface area contributed by atoms with Gasteiger partial charge in [0.2, 0.25) is 0 Å². The van der Waals surface area contributed by atoms with E-state index in [9.17, 15) is 14.0 Å². The molecule has 1 atom stereocenters. The zero-order chi connectivity index (χ0) is 21.9. The summed E-state index contributed by atoms with van der Waals surface area (Å²) < 4.78 is 19.3. The number of benzene rings is 1. The van der Waals surface area contributed by atoms with E-state index >= 15 is 0 Å². The number of carbonyl (C=O) groups excluding carboxylic acids is 2. The quantitative estimate of drug-likeness (QED) is 0.773. The lowest BCUT2D eigenvalue weighted by atomic mass is 10.0. The van der Waals surface area contributed by atoms with E-state index in [2.05, 4.69) is 10.3 Å². The van der Waals surface area contributed by atoms with Gasteiger partial charge in [-0.1, -0.05) is 0 Å². The Hall–Kier alpha value is -3.47. The summed E-state index contributed by atoms with van der Waals surface area (Å²) in [6, 6.07) is 5.79. The molecular formula is C22H23FN4O3. The Bertz CT molecular complexity index is 1010. The first kappa shape index (κ1) is 21.2. The highest BCUT2D eigenvalue weighted by molar-refractivity contribution is 5.92. The zero-order valence-electron chi connectivity index (χ0n) is 17.1. The van der Waals surface area contributed by atoms with Gasteiger partial charge in [0, 0.05) is 31.0 Å². The van der Waals surface area contributed by atoms with Crippen LogP contribution in [0.1, 0.15) is 43.1 Å². The number of nitrogens with one attached hydrogen (secondary N) is 1. The van der Waals surface area contributed by atoms with Gasteiger partial charge in [-0.05, 0) is 51.0 Å². The summed E-state index contributed by atoms with van der Waals surface area (Å²) in [7, 11) is 0. The molecule has 0 aliphatic carbocycles. The minimum Gasteiger partial charge on any atom is -0.444 e. The smallest absolute Gasteiger partial charge is 0.407 e. The number of aromatic nitrogens is 1. The van der Waals surface area contributed by atoms with Crippen LogP contribution in [0, 0.1) is 17.1 Å². The van der Waals surface area contributed by atoms with Gasteiger partial charge in [-0.2, -0.15) is 5.26 Å². The third-order valence-corrected chi connectivity index (χ3v) is 4.64. The summed E-state index contributed by atoms with van der Waals surface area (Å²) in [6.45, 7) is 6.42. The number of pyridine rings is 1. The maximum Gasteiger partial charge on any atom is 0.407 e. The van der Waals surface area contributed by atoms with E-state index in [4.69, 9.17) is 10.00 Å². The van der Waals surface area contributed by atoms with Crippen molar-refractivity contribution in [2.45, 2.75) is 38.8 Å². The highest BCUT2D eigenvalue weighted by Crippen LogP contribution is 2.35. The van der Waals surface area contributed by atoms with Crippen molar-refractivity contribution in [1.29, 1.82) is 5.26 Å². The van der Waals surface area contributed by atoms with Crippen molar-refractivity contribution in [1.82, 2.24) is 10.3 Å². The van der Waals surface area contributed by atoms with Crippen LogP contribution in [0.5, 0.6) is 0 Å². The van der Waals surface area contributed by atoms with E-state index < -0.39 is 17.5 Å². The summed E-state index contributed by atoms with van der Waals surface area (Å²) in [6.07, 6.45) is 3.86. The number of hydrogen-bond donors (Lipinski definition) is 1. The molecule has 1 aliphatic rings. The molecular weight excluding hydrogens is 387 g/mol. The highest BCUT2D eigenvalue weighted by atomic mass is 19.1. The van der Waals surface area contributed by atoms with Gasteiger partial charge < -0.3 is 15.0 Å². The summed E-state index contributed by atoms with van der Waals surface area (Å²) in [5.41, 5.74) is 1.55. The summed E-state index contributed by atoms with van der Waals surface area (Å²) in [5, 5.41) is 12.0. The maximum absolute atomic E-state index is 14.0. The van der Waals surface area contributed by atoms with Gasteiger partial charge in [-0.3, -0.25) is 9.78 Å². The Labute approximate surface area is 174 Å². The van der Waals surface area contributed by atoms with Gasteiger partial charge in [0.1, 0.15) is 11.4 Å². The van der Waals surface area contributed by atoms with Crippen molar-refractivity contribution in [3.05, 3.63) is 47.5 Å². The number of anilines is 1. The lowest BCUT2D eigenvalue weighted by molar-refractivity contribution is 0.0509. The summed E-state index contributed by atoms with van der Waals surface area (Å²) >= 11 is 0. The Morgan fingerprint density at radius 2 is 2.13 bits per heavy atom. The Kier molecular flexibility index (Phi) is 6.01. The van der Waals surface area contributed by atoms with Gasteiger partial charge in [0.15, 0.2) is 6.29 Å². The Balaban J connectivity index is 1.90. The van der Waals surface area contributed by atoms with E-state index in [1.54, 1.807) is 33.0 Å². The molecule has 0 radical (unpaired) electrons. The number of rotatable bonds is 4. The second kappa shape index (κ2) is 8.49. The van der Waals surface area contributed by atoms with Gasteiger partial charge in [-0.15, -0.1) is 0 Å². The number of amides is 1.